The van der Waals surface area contributed by atoms with E-state index in [0.29, 0.717) is 28.8 Å². The minimum Gasteiger partial charge on any atom is -0.340 e. The van der Waals surface area contributed by atoms with E-state index in [2.05, 4.69) is 22.9 Å². The zero-order chi connectivity index (χ0) is 23.0. The summed E-state index contributed by atoms with van der Waals surface area (Å²) in [6.07, 6.45) is 9.08. The van der Waals surface area contributed by atoms with Gasteiger partial charge in [0.1, 0.15) is 5.82 Å². The van der Waals surface area contributed by atoms with Gasteiger partial charge in [0.25, 0.3) is 0 Å². The first-order valence-electron chi connectivity index (χ1n) is 12.0. The first kappa shape index (κ1) is 22.3. The number of hydrogen-bond acceptors (Lipinski definition) is 2. The maximum atomic E-state index is 13.9. The molecule has 5 heteroatoms. The fourth-order valence-corrected chi connectivity index (χ4v) is 6.25. The number of nitrogens with zero attached hydrogens (tertiary/aromatic N) is 2. The van der Waals surface area contributed by atoms with Gasteiger partial charge >= 0.3 is 0 Å². The number of hydrogen-bond donors (Lipinski definition) is 0. The van der Waals surface area contributed by atoms with E-state index in [9.17, 15) is 9.18 Å². The van der Waals surface area contributed by atoms with Gasteiger partial charge in [-0.15, -0.1) is 0 Å². The summed E-state index contributed by atoms with van der Waals surface area (Å²) >= 11 is 5.97. The first-order chi connectivity index (χ1) is 16.0. The molecule has 0 N–H and O–H groups in total. The topological polar surface area (TPSA) is 33.2 Å². The lowest BCUT2D eigenvalue weighted by Crippen LogP contribution is -2.54. The van der Waals surface area contributed by atoms with Crippen LogP contribution in [0.2, 0.25) is 5.02 Å². The second-order valence-electron chi connectivity index (χ2n) is 9.88. The molecule has 1 amide bonds. The van der Waals surface area contributed by atoms with E-state index < -0.39 is 0 Å². The molecular weight excluding hydrogens is 435 g/mol. The number of aromatic nitrogens is 1. The molecule has 2 aromatic carbocycles. The van der Waals surface area contributed by atoms with Gasteiger partial charge in [-0.1, -0.05) is 23.7 Å². The molecule has 2 fully saturated rings. The lowest BCUT2D eigenvalue weighted by molar-refractivity contribution is -0.139. The van der Waals surface area contributed by atoms with E-state index in [1.807, 2.05) is 30.5 Å². The molecule has 0 atom stereocenters. The number of halogens is 2. The van der Waals surface area contributed by atoms with E-state index in [1.54, 1.807) is 12.1 Å². The summed E-state index contributed by atoms with van der Waals surface area (Å²) in [7, 11) is 0. The van der Waals surface area contributed by atoms with Crippen molar-refractivity contribution in [1.82, 2.24) is 9.88 Å². The summed E-state index contributed by atoms with van der Waals surface area (Å²) in [4.78, 5) is 19.5. The Morgan fingerprint density at radius 2 is 1.85 bits per heavy atom. The fraction of sp³-hybridized carbons (Fsp3) is 0.429. The molecule has 0 bridgehead atoms. The van der Waals surface area contributed by atoms with Gasteiger partial charge in [0.05, 0.1) is 11.9 Å². The standard InChI is InChI=1S/C28H30ClFN2O/c1-2-32(27(33)15-19-3-5-21(29)6-4-19)23-17-28(18-23)12-9-20(10-13-28)24-11-14-31-26-8-7-22(30)16-25(24)26/h3-8,11,14,16,20,23H,2,9-10,12-13,15,17-18H2,1H3. The lowest BCUT2D eigenvalue weighted by Gasteiger charge is -2.54. The predicted molar refractivity (Wildman–Crippen MR) is 131 cm³/mol. The molecule has 33 heavy (non-hydrogen) atoms. The van der Waals surface area contributed by atoms with Gasteiger partial charge in [0.2, 0.25) is 5.91 Å². The van der Waals surface area contributed by atoms with Gasteiger partial charge in [-0.25, -0.2) is 4.39 Å². The highest BCUT2D eigenvalue weighted by Gasteiger charge is 2.48. The molecule has 0 radical (unpaired) electrons. The Hall–Kier alpha value is -2.46. The molecule has 3 aromatic rings. The summed E-state index contributed by atoms with van der Waals surface area (Å²) in [5, 5.41) is 1.65. The minimum absolute atomic E-state index is 0.200. The molecule has 3 nitrogen and oxygen atoms in total. The maximum absolute atomic E-state index is 13.9. The summed E-state index contributed by atoms with van der Waals surface area (Å²) in [5.74, 6) is 0.461. The van der Waals surface area contributed by atoms with Crippen molar-refractivity contribution in [3.8, 4) is 0 Å². The number of carbonyl (C=O) groups is 1. The van der Waals surface area contributed by atoms with Crippen molar-refractivity contribution >= 4 is 28.4 Å². The third-order valence-electron chi connectivity index (χ3n) is 7.93. The zero-order valence-corrected chi connectivity index (χ0v) is 19.8. The summed E-state index contributed by atoms with van der Waals surface area (Å²) in [6, 6.07) is 14.9. The van der Waals surface area contributed by atoms with E-state index in [-0.39, 0.29) is 11.7 Å². The molecule has 2 aliphatic carbocycles. The number of benzene rings is 2. The van der Waals surface area contributed by atoms with Gasteiger partial charge in [-0.3, -0.25) is 9.78 Å². The average Bonchev–Trinajstić information content (AvgIpc) is 2.80. The van der Waals surface area contributed by atoms with E-state index in [4.69, 9.17) is 11.6 Å². The molecule has 0 aliphatic heterocycles. The Morgan fingerprint density at radius 1 is 1.12 bits per heavy atom. The Balaban J connectivity index is 1.20. The van der Waals surface area contributed by atoms with E-state index in [0.717, 1.165) is 48.7 Å². The fourth-order valence-electron chi connectivity index (χ4n) is 6.12. The van der Waals surface area contributed by atoms with Crippen molar-refractivity contribution in [3.63, 3.8) is 0 Å². The van der Waals surface area contributed by atoms with Crippen molar-refractivity contribution < 1.29 is 9.18 Å². The molecule has 2 aliphatic rings. The average molecular weight is 465 g/mol. The van der Waals surface area contributed by atoms with Crippen LogP contribution >= 0.6 is 11.6 Å². The molecule has 1 spiro atoms. The molecule has 2 saturated carbocycles. The zero-order valence-electron chi connectivity index (χ0n) is 19.1. The highest BCUT2D eigenvalue weighted by atomic mass is 35.5. The normalized spacial score (nSPS) is 24.6. The van der Waals surface area contributed by atoms with Crippen molar-refractivity contribution in [2.75, 3.05) is 6.54 Å². The van der Waals surface area contributed by atoms with Crippen LogP contribution in [0.15, 0.2) is 54.7 Å². The van der Waals surface area contributed by atoms with Gasteiger partial charge in [-0.05, 0) is 104 Å². The predicted octanol–water partition coefficient (Wildman–Crippen LogP) is 6.92. The number of amides is 1. The monoisotopic (exact) mass is 464 g/mol. The highest BCUT2D eigenvalue weighted by Crippen LogP contribution is 2.56. The van der Waals surface area contributed by atoms with Gasteiger partial charge in [0, 0.05) is 29.2 Å². The van der Waals surface area contributed by atoms with Gasteiger partial charge in [-0.2, -0.15) is 0 Å². The van der Waals surface area contributed by atoms with Crippen LogP contribution in [0, 0.1) is 11.2 Å². The van der Waals surface area contributed by atoms with Crippen LogP contribution in [0.5, 0.6) is 0 Å². The minimum atomic E-state index is -0.200. The van der Waals surface area contributed by atoms with Crippen molar-refractivity contribution in [3.05, 3.63) is 76.7 Å². The third-order valence-corrected chi connectivity index (χ3v) is 8.18. The van der Waals surface area contributed by atoms with E-state index in [1.165, 1.54) is 24.5 Å². The first-order valence-corrected chi connectivity index (χ1v) is 12.4. The smallest absolute Gasteiger partial charge is 0.227 e. The second-order valence-corrected chi connectivity index (χ2v) is 10.3. The maximum Gasteiger partial charge on any atom is 0.227 e. The quantitative estimate of drug-likeness (QED) is 0.410. The SMILES string of the molecule is CCN(C(=O)Cc1ccc(Cl)cc1)C1CC2(CCC(c3ccnc4ccc(F)cc34)CC2)C1. The molecule has 172 valence electrons. The van der Waals surface area contributed by atoms with Crippen molar-refractivity contribution in [2.45, 2.75) is 63.8 Å². The summed E-state index contributed by atoms with van der Waals surface area (Å²) in [6.45, 7) is 2.83. The van der Waals surface area contributed by atoms with Crippen LogP contribution in [0.3, 0.4) is 0 Å². The number of rotatable bonds is 5. The van der Waals surface area contributed by atoms with Crippen LogP contribution in [0.4, 0.5) is 4.39 Å². The molecule has 1 aromatic heterocycles. The van der Waals surface area contributed by atoms with Crippen molar-refractivity contribution in [2.24, 2.45) is 5.41 Å². The molecular formula is C28H30ClFN2O. The van der Waals surface area contributed by atoms with Gasteiger partial charge < -0.3 is 4.90 Å². The molecule has 1 heterocycles. The number of likely N-dealkylation sites (N-methyl/N-ethyl adjacent to an activating group) is 1. The molecule has 0 saturated heterocycles. The number of pyridine rings is 1. The second kappa shape index (κ2) is 9.06. The van der Waals surface area contributed by atoms with Crippen LogP contribution < -0.4 is 0 Å². The van der Waals surface area contributed by atoms with Crippen LogP contribution in [0.1, 0.15) is 62.5 Å². The summed E-state index contributed by atoms with van der Waals surface area (Å²) in [5.41, 5.74) is 3.48. The van der Waals surface area contributed by atoms with Crippen LogP contribution in [-0.4, -0.2) is 28.4 Å². The lowest BCUT2D eigenvalue weighted by atomic mass is 9.56. The number of carbonyl (C=O) groups excluding carboxylic acids is 1. The van der Waals surface area contributed by atoms with Crippen LogP contribution in [0.25, 0.3) is 10.9 Å². The van der Waals surface area contributed by atoms with Gasteiger partial charge in [0.15, 0.2) is 0 Å². The third kappa shape index (κ3) is 4.50. The molecule has 0 unspecified atom stereocenters. The Labute approximate surface area is 200 Å². The van der Waals surface area contributed by atoms with E-state index >= 15 is 0 Å². The van der Waals surface area contributed by atoms with Crippen molar-refractivity contribution in [1.29, 1.82) is 0 Å². The highest BCUT2D eigenvalue weighted by molar-refractivity contribution is 6.30. The summed E-state index contributed by atoms with van der Waals surface area (Å²) < 4.78 is 13.9. The molecule has 5 rings (SSSR count). The number of fused-ring (bicyclic) bond motifs is 1. The Morgan fingerprint density at radius 3 is 2.55 bits per heavy atom. The largest absolute Gasteiger partial charge is 0.340 e. The van der Waals surface area contributed by atoms with Crippen LogP contribution in [-0.2, 0) is 11.2 Å². The Bertz CT molecular complexity index is 1150. The Kier molecular flexibility index (Phi) is 6.13.